The zero-order valence-electron chi connectivity index (χ0n) is 16.3. The van der Waals surface area contributed by atoms with Crippen molar-refractivity contribution >= 4 is 34.5 Å². The van der Waals surface area contributed by atoms with Gasteiger partial charge in [0, 0.05) is 48.0 Å². The molecule has 0 saturated carbocycles. The number of amides is 2. The average Bonchev–Trinajstić information content (AvgIpc) is 3.49. The minimum Gasteiger partial charge on any atom is -0.324 e. The fourth-order valence-corrected chi connectivity index (χ4v) is 3.56. The Bertz CT molecular complexity index is 1180. The number of hydrogen-bond donors (Lipinski definition) is 2. The second-order valence-corrected chi connectivity index (χ2v) is 7.48. The number of thiazole rings is 1. The highest BCUT2D eigenvalue weighted by Crippen LogP contribution is 2.24. The van der Waals surface area contributed by atoms with Gasteiger partial charge in [-0.05, 0) is 31.2 Å². The van der Waals surface area contributed by atoms with Gasteiger partial charge in [-0.2, -0.15) is 10.2 Å². The predicted molar refractivity (Wildman–Crippen MR) is 114 cm³/mol. The summed E-state index contributed by atoms with van der Waals surface area (Å²) in [7, 11) is 1.83. The fourth-order valence-electron chi connectivity index (χ4n) is 2.79. The van der Waals surface area contributed by atoms with Crippen LogP contribution >= 0.6 is 11.3 Å². The molecule has 0 unspecified atom stereocenters. The largest absolute Gasteiger partial charge is 0.324 e. The second-order valence-electron chi connectivity index (χ2n) is 6.63. The van der Waals surface area contributed by atoms with E-state index in [0.717, 1.165) is 10.6 Å². The number of nitrogens with one attached hydrogen (secondary N) is 2. The summed E-state index contributed by atoms with van der Waals surface area (Å²) in [5, 5.41) is 16.3. The normalized spacial score (nSPS) is 11.8. The lowest BCUT2D eigenvalue weighted by molar-refractivity contribution is -0.119. The molecule has 0 aliphatic rings. The van der Waals surface area contributed by atoms with Gasteiger partial charge >= 0.3 is 0 Å². The maximum absolute atomic E-state index is 12.6. The summed E-state index contributed by atoms with van der Waals surface area (Å²) in [5.74, 6) is -0.530. The molecule has 2 amide bonds. The van der Waals surface area contributed by atoms with Gasteiger partial charge in [0.2, 0.25) is 5.91 Å². The Morgan fingerprint density at radius 1 is 1.13 bits per heavy atom. The van der Waals surface area contributed by atoms with Crippen LogP contribution in [0.4, 0.5) is 11.4 Å². The Morgan fingerprint density at radius 2 is 1.93 bits per heavy atom. The van der Waals surface area contributed by atoms with Gasteiger partial charge < -0.3 is 10.6 Å². The Balaban J connectivity index is 1.42. The first kappa shape index (κ1) is 19.5. The van der Waals surface area contributed by atoms with Gasteiger partial charge in [-0.15, -0.1) is 11.3 Å². The number of nitrogens with zero attached hydrogens (tertiary/aromatic N) is 5. The van der Waals surface area contributed by atoms with Gasteiger partial charge in [-0.3, -0.25) is 19.0 Å². The van der Waals surface area contributed by atoms with E-state index in [4.69, 9.17) is 0 Å². The van der Waals surface area contributed by atoms with E-state index in [1.54, 1.807) is 70.6 Å². The van der Waals surface area contributed by atoms with Crippen molar-refractivity contribution in [2.24, 2.45) is 7.05 Å². The quantitative estimate of drug-likeness (QED) is 0.497. The van der Waals surface area contributed by atoms with Crippen LogP contribution in [-0.4, -0.2) is 36.4 Å². The SMILES string of the molecule is C[C@H](C(=O)Nc1cccc(NC(=O)c2csc(-c3cnn(C)c3)n2)c1)n1cccn1. The van der Waals surface area contributed by atoms with Gasteiger partial charge in [0.1, 0.15) is 16.7 Å². The van der Waals surface area contributed by atoms with Crippen molar-refractivity contribution in [3.05, 3.63) is 66.2 Å². The highest BCUT2D eigenvalue weighted by Gasteiger charge is 2.16. The molecule has 0 aliphatic carbocycles. The van der Waals surface area contributed by atoms with Crippen LogP contribution in [0.25, 0.3) is 10.6 Å². The Kier molecular flexibility index (Phi) is 5.40. The summed E-state index contributed by atoms with van der Waals surface area (Å²) < 4.78 is 3.26. The maximum Gasteiger partial charge on any atom is 0.275 e. The van der Waals surface area contributed by atoms with Crippen LogP contribution in [0, 0.1) is 0 Å². The molecule has 3 heterocycles. The minimum atomic E-state index is -0.459. The van der Waals surface area contributed by atoms with Crippen molar-refractivity contribution in [1.82, 2.24) is 24.5 Å². The number of carbonyl (C=O) groups excluding carboxylic acids is 2. The van der Waals surface area contributed by atoms with E-state index < -0.39 is 6.04 Å². The van der Waals surface area contributed by atoms with Crippen molar-refractivity contribution in [2.45, 2.75) is 13.0 Å². The van der Waals surface area contributed by atoms with Crippen LogP contribution in [0.15, 0.2) is 60.5 Å². The van der Waals surface area contributed by atoms with E-state index in [2.05, 4.69) is 25.8 Å². The summed E-state index contributed by atoms with van der Waals surface area (Å²) in [5.41, 5.74) is 2.31. The lowest BCUT2D eigenvalue weighted by Crippen LogP contribution is -2.24. The summed E-state index contributed by atoms with van der Waals surface area (Å²) in [4.78, 5) is 29.4. The zero-order chi connectivity index (χ0) is 21.1. The Hall–Kier alpha value is -3.79. The highest BCUT2D eigenvalue weighted by molar-refractivity contribution is 7.13. The first-order valence-corrected chi connectivity index (χ1v) is 10.0. The number of hydrogen-bond acceptors (Lipinski definition) is 6. The van der Waals surface area contributed by atoms with Gasteiger partial charge in [0.25, 0.3) is 5.91 Å². The smallest absolute Gasteiger partial charge is 0.275 e. The third kappa shape index (κ3) is 4.28. The number of rotatable bonds is 6. The lowest BCUT2D eigenvalue weighted by atomic mass is 10.2. The van der Waals surface area contributed by atoms with Crippen LogP contribution in [0.5, 0.6) is 0 Å². The molecule has 152 valence electrons. The van der Waals surface area contributed by atoms with E-state index in [9.17, 15) is 9.59 Å². The maximum atomic E-state index is 12.6. The van der Waals surface area contributed by atoms with E-state index in [0.29, 0.717) is 17.1 Å². The molecule has 30 heavy (non-hydrogen) atoms. The Labute approximate surface area is 176 Å². The summed E-state index contributed by atoms with van der Waals surface area (Å²) >= 11 is 1.38. The van der Waals surface area contributed by atoms with Crippen molar-refractivity contribution < 1.29 is 9.59 Å². The number of aryl methyl sites for hydroxylation is 1. The second kappa shape index (κ2) is 8.29. The third-order valence-corrected chi connectivity index (χ3v) is 5.27. The molecule has 2 N–H and O–H groups in total. The first-order chi connectivity index (χ1) is 14.5. The van der Waals surface area contributed by atoms with E-state index in [-0.39, 0.29) is 11.8 Å². The molecule has 4 rings (SSSR count). The first-order valence-electron chi connectivity index (χ1n) is 9.15. The molecule has 0 spiro atoms. The molecule has 0 radical (unpaired) electrons. The topological polar surface area (TPSA) is 107 Å². The number of anilines is 2. The molecule has 4 aromatic rings. The lowest BCUT2D eigenvalue weighted by Gasteiger charge is -2.13. The number of benzene rings is 1. The van der Waals surface area contributed by atoms with Crippen molar-refractivity contribution in [2.75, 3.05) is 10.6 Å². The molecule has 0 saturated heterocycles. The molecule has 0 fully saturated rings. The number of aromatic nitrogens is 5. The van der Waals surface area contributed by atoms with Gasteiger partial charge in [0.15, 0.2) is 0 Å². The molecule has 1 atom stereocenters. The van der Waals surface area contributed by atoms with Crippen molar-refractivity contribution in [3.8, 4) is 10.6 Å². The summed E-state index contributed by atoms with van der Waals surface area (Å²) in [6.07, 6.45) is 6.90. The highest BCUT2D eigenvalue weighted by atomic mass is 32.1. The minimum absolute atomic E-state index is 0.206. The number of carbonyl (C=O) groups is 2. The van der Waals surface area contributed by atoms with E-state index >= 15 is 0 Å². The average molecular weight is 421 g/mol. The van der Waals surface area contributed by atoms with Crippen LogP contribution < -0.4 is 10.6 Å². The molecule has 0 bridgehead atoms. The van der Waals surface area contributed by atoms with E-state index in [1.165, 1.54) is 11.3 Å². The van der Waals surface area contributed by atoms with Crippen LogP contribution in [0.1, 0.15) is 23.5 Å². The van der Waals surface area contributed by atoms with Crippen LogP contribution in [0.2, 0.25) is 0 Å². The van der Waals surface area contributed by atoms with Crippen molar-refractivity contribution in [3.63, 3.8) is 0 Å². The van der Waals surface area contributed by atoms with Gasteiger partial charge in [-0.25, -0.2) is 4.98 Å². The zero-order valence-corrected chi connectivity index (χ0v) is 17.1. The summed E-state index contributed by atoms with van der Waals surface area (Å²) in [6, 6.07) is 8.26. The predicted octanol–water partition coefficient (Wildman–Crippen LogP) is 3.19. The molecule has 0 aliphatic heterocycles. The van der Waals surface area contributed by atoms with E-state index in [1.807, 2.05) is 13.2 Å². The standard InChI is InChI=1S/C20H19N7O2S/c1-13(27-8-4-7-21-27)18(28)23-15-5-3-6-16(9-15)24-19(29)17-12-30-20(25-17)14-10-22-26(2)11-14/h3-13H,1-2H3,(H,23,28)(H,24,29)/t13-/m1/s1. The molecular formula is C20H19N7O2S. The van der Waals surface area contributed by atoms with Crippen LogP contribution in [0.3, 0.4) is 0 Å². The van der Waals surface area contributed by atoms with Gasteiger partial charge in [-0.1, -0.05) is 6.07 Å². The molecular weight excluding hydrogens is 402 g/mol. The molecule has 3 aromatic heterocycles. The summed E-state index contributed by atoms with van der Waals surface area (Å²) in [6.45, 7) is 1.76. The Morgan fingerprint density at radius 3 is 2.63 bits per heavy atom. The molecule has 10 heteroatoms. The van der Waals surface area contributed by atoms with Crippen molar-refractivity contribution in [1.29, 1.82) is 0 Å². The molecule has 1 aromatic carbocycles. The fraction of sp³-hybridized carbons (Fsp3) is 0.150. The molecule has 9 nitrogen and oxygen atoms in total. The van der Waals surface area contributed by atoms with Gasteiger partial charge in [0.05, 0.1) is 6.20 Å². The van der Waals surface area contributed by atoms with Crippen LogP contribution in [-0.2, 0) is 11.8 Å². The third-order valence-electron chi connectivity index (χ3n) is 4.38. The monoisotopic (exact) mass is 421 g/mol.